The Bertz CT molecular complexity index is 902. The molecule has 0 bridgehead atoms. The van der Waals surface area contributed by atoms with Crippen molar-refractivity contribution in [2.75, 3.05) is 28.4 Å². The molecule has 0 saturated carbocycles. The van der Waals surface area contributed by atoms with Gasteiger partial charge in [-0.25, -0.2) is 9.07 Å². The number of methoxy groups -OCH3 is 4. The lowest BCUT2D eigenvalue weighted by molar-refractivity contribution is 0.324. The first kappa shape index (κ1) is 17.5. The summed E-state index contributed by atoms with van der Waals surface area (Å²) in [5.41, 5.74) is 1.86. The first-order chi connectivity index (χ1) is 12.6. The van der Waals surface area contributed by atoms with Crippen LogP contribution in [0.3, 0.4) is 0 Å². The van der Waals surface area contributed by atoms with Gasteiger partial charge in [-0.05, 0) is 24.3 Å². The molecule has 0 fully saturated rings. The molecule has 3 rings (SSSR count). The highest BCUT2D eigenvalue weighted by Crippen LogP contribution is 2.41. The zero-order chi connectivity index (χ0) is 18.7. The lowest BCUT2D eigenvalue weighted by Gasteiger charge is -2.14. The van der Waals surface area contributed by atoms with Crippen LogP contribution in [-0.4, -0.2) is 43.4 Å². The average Bonchev–Trinajstić information content (AvgIpc) is 3.16. The molecule has 1 heterocycles. The molecule has 3 aromatic rings. The van der Waals surface area contributed by atoms with Gasteiger partial charge in [0, 0.05) is 11.6 Å². The van der Waals surface area contributed by atoms with Crippen molar-refractivity contribution in [1.82, 2.24) is 15.0 Å². The van der Waals surface area contributed by atoms with Gasteiger partial charge < -0.3 is 18.9 Å². The van der Waals surface area contributed by atoms with E-state index < -0.39 is 5.82 Å². The average molecular weight is 359 g/mol. The van der Waals surface area contributed by atoms with Crippen LogP contribution in [0, 0.1) is 5.82 Å². The first-order valence-electron chi connectivity index (χ1n) is 7.68. The second-order valence-electron chi connectivity index (χ2n) is 5.26. The Balaban J connectivity index is 2.13. The van der Waals surface area contributed by atoms with Gasteiger partial charge in [0.2, 0.25) is 5.75 Å². The Labute approximate surface area is 149 Å². The van der Waals surface area contributed by atoms with E-state index in [4.69, 9.17) is 18.9 Å². The maximum atomic E-state index is 14.1. The van der Waals surface area contributed by atoms with Crippen LogP contribution in [0.15, 0.2) is 36.5 Å². The highest BCUT2D eigenvalue weighted by atomic mass is 19.1. The fourth-order valence-corrected chi connectivity index (χ4v) is 2.64. The molecule has 0 aliphatic heterocycles. The lowest BCUT2D eigenvalue weighted by atomic mass is 10.1. The largest absolute Gasteiger partial charge is 0.494 e. The molecule has 0 radical (unpaired) electrons. The number of aromatic nitrogens is 3. The molecule has 136 valence electrons. The van der Waals surface area contributed by atoms with E-state index in [1.807, 2.05) is 0 Å². The number of nitrogens with zero attached hydrogens (tertiary/aromatic N) is 3. The Morgan fingerprint density at radius 3 is 2.04 bits per heavy atom. The number of hydrogen-bond acceptors (Lipinski definition) is 6. The molecule has 26 heavy (non-hydrogen) atoms. The Morgan fingerprint density at radius 2 is 1.50 bits per heavy atom. The second kappa shape index (κ2) is 7.30. The van der Waals surface area contributed by atoms with Gasteiger partial charge in [-0.3, -0.25) is 0 Å². The number of hydrogen-bond donors (Lipinski definition) is 0. The summed E-state index contributed by atoms with van der Waals surface area (Å²) in [7, 11) is 6.02. The third kappa shape index (κ3) is 3.01. The number of ether oxygens (including phenoxy) is 4. The fourth-order valence-electron chi connectivity index (χ4n) is 2.64. The van der Waals surface area contributed by atoms with Gasteiger partial charge >= 0.3 is 0 Å². The minimum absolute atomic E-state index is 0.156. The second-order valence-corrected chi connectivity index (χ2v) is 5.26. The van der Waals surface area contributed by atoms with E-state index >= 15 is 0 Å². The standard InChI is InChI=1S/C18H18FN3O4/c1-23-15-6-5-12(9-13(15)19)22-14(10-20-21-22)11-7-16(24-2)18(26-4)17(8-11)25-3/h5-10H,1-4H3. The molecular formula is C18H18FN3O4. The Morgan fingerprint density at radius 1 is 0.846 bits per heavy atom. The minimum Gasteiger partial charge on any atom is -0.494 e. The van der Waals surface area contributed by atoms with E-state index in [-0.39, 0.29) is 5.75 Å². The van der Waals surface area contributed by atoms with E-state index in [2.05, 4.69) is 10.3 Å². The topological polar surface area (TPSA) is 67.6 Å². The summed E-state index contributed by atoms with van der Waals surface area (Å²) < 4.78 is 36.6. The van der Waals surface area contributed by atoms with Crippen molar-refractivity contribution in [1.29, 1.82) is 0 Å². The van der Waals surface area contributed by atoms with E-state index in [0.717, 1.165) is 5.56 Å². The van der Waals surface area contributed by atoms with Crippen LogP contribution in [0.25, 0.3) is 16.9 Å². The zero-order valence-corrected chi connectivity index (χ0v) is 14.8. The molecule has 8 heteroatoms. The molecule has 0 aliphatic rings. The van der Waals surface area contributed by atoms with Crippen LogP contribution in [-0.2, 0) is 0 Å². The molecule has 0 spiro atoms. The van der Waals surface area contributed by atoms with Gasteiger partial charge in [0.05, 0.1) is 46.0 Å². The van der Waals surface area contributed by atoms with Crippen LogP contribution in [0.4, 0.5) is 4.39 Å². The smallest absolute Gasteiger partial charge is 0.203 e. The van der Waals surface area contributed by atoms with E-state index in [1.54, 1.807) is 24.4 Å². The number of halogens is 1. The molecule has 0 atom stereocenters. The van der Waals surface area contributed by atoms with Crippen molar-refractivity contribution >= 4 is 0 Å². The Kier molecular flexibility index (Phi) is 4.92. The monoisotopic (exact) mass is 359 g/mol. The molecule has 0 saturated heterocycles. The van der Waals surface area contributed by atoms with Crippen LogP contribution in [0.1, 0.15) is 0 Å². The molecule has 7 nitrogen and oxygen atoms in total. The van der Waals surface area contributed by atoms with Crippen LogP contribution in [0.5, 0.6) is 23.0 Å². The molecule has 0 unspecified atom stereocenters. The van der Waals surface area contributed by atoms with Gasteiger partial charge in [-0.15, -0.1) is 5.10 Å². The van der Waals surface area contributed by atoms with Crippen LogP contribution >= 0.6 is 0 Å². The maximum absolute atomic E-state index is 14.1. The first-order valence-corrected chi connectivity index (χ1v) is 7.68. The third-order valence-corrected chi connectivity index (χ3v) is 3.89. The highest BCUT2D eigenvalue weighted by Gasteiger charge is 2.18. The van der Waals surface area contributed by atoms with Crippen molar-refractivity contribution < 1.29 is 23.3 Å². The molecular weight excluding hydrogens is 341 g/mol. The van der Waals surface area contributed by atoms with Crippen molar-refractivity contribution in [3.8, 4) is 39.9 Å². The summed E-state index contributed by atoms with van der Waals surface area (Å²) in [4.78, 5) is 0. The quantitative estimate of drug-likeness (QED) is 0.674. The lowest BCUT2D eigenvalue weighted by Crippen LogP contribution is -2.02. The number of benzene rings is 2. The van der Waals surface area contributed by atoms with Gasteiger partial charge in [0.25, 0.3) is 0 Å². The van der Waals surface area contributed by atoms with Crippen molar-refractivity contribution in [2.24, 2.45) is 0 Å². The van der Waals surface area contributed by atoms with Gasteiger partial charge in [-0.2, -0.15) is 0 Å². The summed E-state index contributed by atoms with van der Waals surface area (Å²) in [5.74, 6) is 1.14. The molecule has 0 N–H and O–H groups in total. The molecule has 0 aliphatic carbocycles. The summed E-state index contributed by atoms with van der Waals surface area (Å²) in [6.45, 7) is 0. The molecule has 0 amide bonds. The van der Waals surface area contributed by atoms with Crippen molar-refractivity contribution in [2.45, 2.75) is 0 Å². The van der Waals surface area contributed by atoms with Gasteiger partial charge in [0.15, 0.2) is 23.1 Å². The predicted molar refractivity (Wildman–Crippen MR) is 93.0 cm³/mol. The highest BCUT2D eigenvalue weighted by molar-refractivity contribution is 5.69. The summed E-state index contributed by atoms with van der Waals surface area (Å²) in [6.07, 6.45) is 1.57. The maximum Gasteiger partial charge on any atom is 0.203 e. The van der Waals surface area contributed by atoms with Crippen molar-refractivity contribution in [3.63, 3.8) is 0 Å². The van der Waals surface area contributed by atoms with E-state index in [0.29, 0.717) is 28.6 Å². The van der Waals surface area contributed by atoms with Crippen molar-refractivity contribution in [3.05, 3.63) is 42.3 Å². The minimum atomic E-state index is -0.489. The normalized spacial score (nSPS) is 10.5. The zero-order valence-electron chi connectivity index (χ0n) is 14.8. The SMILES string of the molecule is COc1ccc(-n2nncc2-c2cc(OC)c(OC)c(OC)c2)cc1F. The van der Waals surface area contributed by atoms with Crippen LogP contribution in [0.2, 0.25) is 0 Å². The molecule has 2 aromatic carbocycles. The van der Waals surface area contributed by atoms with Crippen LogP contribution < -0.4 is 18.9 Å². The molecule has 1 aromatic heterocycles. The summed E-state index contributed by atoms with van der Waals surface area (Å²) in [6, 6.07) is 8.10. The predicted octanol–water partition coefficient (Wildman–Crippen LogP) is 3.11. The van der Waals surface area contributed by atoms with Gasteiger partial charge in [-0.1, -0.05) is 5.21 Å². The van der Waals surface area contributed by atoms with E-state index in [1.165, 1.54) is 45.3 Å². The summed E-state index contributed by atoms with van der Waals surface area (Å²) in [5, 5.41) is 8.01. The number of rotatable bonds is 6. The van der Waals surface area contributed by atoms with E-state index in [9.17, 15) is 4.39 Å². The third-order valence-electron chi connectivity index (χ3n) is 3.89. The Hall–Kier alpha value is -3.29. The van der Waals surface area contributed by atoms with Gasteiger partial charge in [0.1, 0.15) is 0 Å². The summed E-state index contributed by atoms with van der Waals surface area (Å²) >= 11 is 0. The fraction of sp³-hybridized carbons (Fsp3) is 0.222.